The molecule has 0 heterocycles. The van der Waals surface area contributed by atoms with E-state index >= 15 is 0 Å². The van der Waals surface area contributed by atoms with Gasteiger partial charge < -0.3 is 5.73 Å². The molecule has 1 aromatic carbocycles. The number of ketones is 1. The summed E-state index contributed by atoms with van der Waals surface area (Å²) in [6, 6.07) is 1.98. The van der Waals surface area contributed by atoms with Crippen molar-refractivity contribution in [2.45, 2.75) is 6.42 Å². The maximum absolute atomic E-state index is 13.0. The van der Waals surface area contributed by atoms with Crippen LogP contribution in [0.25, 0.3) is 0 Å². The smallest absolute Gasteiger partial charge is 0.164 e. The lowest BCUT2D eigenvalue weighted by Crippen LogP contribution is -2.08. The molecule has 5 heteroatoms. The first-order valence-electron chi connectivity index (χ1n) is 3.94. The molecule has 0 aromatic heterocycles. The Labute approximate surface area is 88.2 Å². The monoisotopic (exact) mass is 263 g/mol. The Kier molecular flexibility index (Phi) is 3.71. The minimum atomic E-state index is -0.787. The van der Waals surface area contributed by atoms with Crippen molar-refractivity contribution in [2.75, 3.05) is 6.54 Å². The summed E-state index contributed by atoms with van der Waals surface area (Å²) in [5.41, 5.74) is 5.16. The third-order valence-electron chi connectivity index (χ3n) is 1.68. The maximum atomic E-state index is 13.0. The summed E-state index contributed by atoms with van der Waals surface area (Å²) in [4.78, 5) is 11.2. The second-order valence-electron chi connectivity index (χ2n) is 2.72. The Hall–Kier alpha value is -0.810. The van der Waals surface area contributed by atoms with E-state index in [9.17, 15) is 13.6 Å². The van der Waals surface area contributed by atoms with Crippen LogP contribution in [-0.2, 0) is 0 Å². The number of Topliss-reactive ketones (excluding diaryl/α,β-unsaturated/α-hetero) is 1. The van der Waals surface area contributed by atoms with E-state index in [-0.39, 0.29) is 28.8 Å². The summed E-state index contributed by atoms with van der Waals surface area (Å²) in [5.74, 6) is -1.94. The first kappa shape index (κ1) is 11.3. The first-order valence-corrected chi connectivity index (χ1v) is 4.73. The van der Waals surface area contributed by atoms with Crippen molar-refractivity contribution >= 4 is 21.7 Å². The van der Waals surface area contributed by atoms with Gasteiger partial charge in [0, 0.05) is 12.0 Å². The van der Waals surface area contributed by atoms with Crippen molar-refractivity contribution < 1.29 is 13.6 Å². The summed E-state index contributed by atoms with van der Waals surface area (Å²) < 4.78 is 25.7. The fourth-order valence-corrected chi connectivity index (χ4v) is 1.22. The van der Waals surface area contributed by atoms with Gasteiger partial charge >= 0.3 is 0 Å². The van der Waals surface area contributed by atoms with Crippen LogP contribution in [-0.4, -0.2) is 12.3 Å². The molecular formula is C9H8BrF2NO. The molecule has 14 heavy (non-hydrogen) atoms. The first-order chi connectivity index (χ1) is 6.56. The Bertz CT molecular complexity index is 345. The zero-order valence-electron chi connectivity index (χ0n) is 7.19. The van der Waals surface area contributed by atoms with Crippen LogP contribution in [0.4, 0.5) is 8.78 Å². The molecule has 0 aliphatic rings. The van der Waals surface area contributed by atoms with Gasteiger partial charge in [-0.25, -0.2) is 8.78 Å². The number of carbonyl (C=O) groups is 1. The minimum Gasteiger partial charge on any atom is -0.330 e. The minimum absolute atomic E-state index is 0.00801. The fourth-order valence-electron chi connectivity index (χ4n) is 0.992. The van der Waals surface area contributed by atoms with Crippen LogP contribution in [0.1, 0.15) is 16.8 Å². The Balaban J connectivity index is 3.06. The highest BCUT2D eigenvalue weighted by Gasteiger charge is 2.12. The number of hydrogen-bond donors (Lipinski definition) is 1. The molecule has 2 nitrogen and oxygen atoms in total. The van der Waals surface area contributed by atoms with E-state index in [4.69, 9.17) is 5.73 Å². The third-order valence-corrected chi connectivity index (χ3v) is 2.43. The van der Waals surface area contributed by atoms with Crippen LogP contribution >= 0.6 is 15.9 Å². The molecule has 76 valence electrons. The molecule has 1 rings (SSSR count). The van der Waals surface area contributed by atoms with Gasteiger partial charge in [0.1, 0.15) is 11.6 Å². The molecule has 0 saturated carbocycles. The number of nitrogens with two attached hydrogens (primary N) is 1. The van der Waals surface area contributed by atoms with E-state index in [0.717, 1.165) is 12.1 Å². The van der Waals surface area contributed by atoms with Gasteiger partial charge in [0.15, 0.2) is 5.78 Å². The van der Waals surface area contributed by atoms with Gasteiger partial charge in [-0.15, -0.1) is 0 Å². The Morgan fingerprint density at radius 3 is 2.29 bits per heavy atom. The zero-order chi connectivity index (χ0) is 10.7. The lowest BCUT2D eigenvalue weighted by molar-refractivity contribution is 0.0984. The van der Waals surface area contributed by atoms with E-state index in [0.29, 0.717) is 0 Å². The van der Waals surface area contributed by atoms with E-state index in [2.05, 4.69) is 15.9 Å². The lowest BCUT2D eigenvalue weighted by Gasteiger charge is -2.02. The molecule has 0 saturated heterocycles. The summed E-state index contributed by atoms with van der Waals surface area (Å²) in [5, 5.41) is 0. The van der Waals surface area contributed by atoms with Crippen molar-refractivity contribution in [1.82, 2.24) is 0 Å². The number of halogens is 3. The van der Waals surface area contributed by atoms with Crippen LogP contribution in [0, 0.1) is 11.6 Å². The molecule has 2 N–H and O–H groups in total. The summed E-state index contributed by atoms with van der Waals surface area (Å²) in [7, 11) is 0. The summed E-state index contributed by atoms with van der Waals surface area (Å²) in [6.45, 7) is 0.165. The fraction of sp³-hybridized carbons (Fsp3) is 0.222. The highest BCUT2D eigenvalue weighted by molar-refractivity contribution is 9.10. The standard InChI is InChI=1S/C9H8BrF2NO/c10-9-6(11)3-5(4-7(9)12)8(14)1-2-13/h3-4H,1-2,13H2. The molecule has 0 spiro atoms. The molecule has 0 atom stereocenters. The predicted molar refractivity (Wildman–Crippen MR) is 52.1 cm³/mol. The van der Waals surface area contributed by atoms with Gasteiger partial charge in [-0.2, -0.15) is 0 Å². The van der Waals surface area contributed by atoms with E-state index in [1.807, 2.05) is 0 Å². The van der Waals surface area contributed by atoms with Gasteiger partial charge in [-0.05, 0) is 34.6 Å². The Morgan fingerprint density at radius 1 is 1.36 bits per heavy atom. The molecule has 0 amide bonds. The predicted octanol–water partition coefficient (Wildman–Crippen LogP) is 2.26. The Morgan fingerprint density at radius 2 is 1.86 bits per heavy atom. The quantitative estimate of drug-likeness (QED) is 0.672. The highest BCUT2D eigenvalue weighted by atomic mass is 79.9. The molecule has 0 aliphatic carbocycles. The molecule has 0 aliphatic heterocycles. The van der Waals surface area contributed by atoms with Crippen molar-refractivity contribution in [1.29, 1.82) is 0 Å². The van der Waals surface area contributed by atoms with E-state index in [1.54, 1.807) is 0 Å². The second-order valence-corrected chi connectivity index (χ2v) is 3.51. The van der Waals surface area contributed by atoms with Gasteiger partial charge in [0.05, 0.1) is 4.47 Å². The van der Waals surface area contributed by atoms with Crippen molar-refractivity contribution in [3.8, 4) is 0 Å². The summed E-state index contributed by atoms with van der Waals surface area (Å²) >= 11 is 2.72. The maximum Gasteiger partial charge on any atom is 0.164 e. The van der Waals surface area contributed by atoms with Gasteiger partial charge in [-0.3, -0.25) is 4.79 Å². The second kappa shape index (κ2) is 4.61. The number of benzene rings is 1. The van der Waals surface area contributed by atoms with Crippen molar-refractivity contribution in [3.05, 3.63) is 33.8 Å². The molecule has 0 fully saturated rings. The molecule has 0 bridgehead atoms. The molecule has 0 radical (unpaired) electrons. The lowest BCUT2D eigenvalue weighted by atomic mass is 10.1. The average Bonchev–Trinajstić information content (AvgIpc) is 2.13. The SMILES string of the molecule is NCCC(=O)c1cc(F)c(Br)c(F)c1. The number of rotatable bonds is 3. The topological polar surface area (TPSA) is 43.1 Å². The number of hydrogen-bond acceptors (Lipinski definition) is 2. The third kappa shape index (κ3) is 2.36. The average molecular weight is 264 g/mol. The normalized spacial score (nSPS) is 10.3. The van der Waals surface area contributed by atoms with Crippen LogP contribution in [0.15, 0.2) is 16.6 Å². The van der Waals surface area contributed by atoms with Gasteiger partial charge in [0.25, 0.3) is 0 Å². The highest BCUT2D eigenvalue weighted by Crippen LogP contribution is 2.21. The molecule has 1 aromatic rings. The molecule has 0 unspecified atom stereocenters. The van der Waals surface area contributed by atoms with Gasteiger partial charge in [0.2, 0.25) is 0 Å². The van der Waals surface area contributed by atoms with Crippen LogP contribution < -0.4 is 5.73 Å². The van der Waals surface area contributed by atoms with E-state index in [1.165, 1.54) is 0 Å². The zero-order valence-corrected chi connectivity index (χ0v) is 8.77. The van der Waals surface area contributed by atoms with Crippen LogP contribution in [0.5, 0.6) is 0 Å². The van der Waals surface area contributed by atoms with Crippen LogP contribution in [0.3, 0.4) is 0 Å². The molecular weight excluding hydrogens is 256 g/mol. The van der Waals surface area contributed by atoms with E-state index < -0.39 is 11.6 Å². The number of carbonyl (C=O) groups excluding carboxylic acids is 1. The van der Waals surface area contributed by atoms with Gasteiger partial charge in [-0.1, -0.05) is 0 Å². The largest absolute Gasteiger partial charge is 0.330 e. The van der Waals surface area contributed by atoms with Crippen molar-refractivity contribution in [3.63, 3.8) is 0 Å². The van der Waals surface area contributed by atoms with Crippen LogP contribution in [0.2, 0.25) is 0 Å². The van der Waals surface area contributed by atoms with Crippen molar-refractivity contribution in [2.24, 2.45) is 5.73 Å². The summed E-state index contributed by atoms with van der Waals surface area (Å²) in [6.07, 6.45) is 0.0838.